The first kappa shape index (κ1) is 17.3. The zero-order chi connectivity index (χ0) is 18.1. The molecule has 4 rings (SSSR count). The average Bonchev–Trinajstić information content (AvgIpc) is 3.23. The molecule has 0 N–H and O–H groups in total. The summed E-state index contributed by atoms with van der Waals surface area (Å²) in [6, 6.07) is 8.20. The van der Waals surface area contributed by atoms with E-state index in [0.717, 1.165) is 47.3 Å². The fraction of sp³-hybridized carbons (Fsp3) is 0.421. The second-order valence-electron chi connectivity index (χ2n) is 6.87. The van der Waals surface area contributed by atoms with Gasteiger partial charge >= 0.3 is 0 Å². The van der Waals surface area contributed by atoms with Gasteiger partial charge in [0.15, 0.2) is 0 Å². The summed E-state index contributed by atoms with van der Waals surface area (Å²) in [5.74, 6) is 1.57. The molecule has 1 saturated heterocycles. The molecule has 1 aromatic carbocycles. The van der Waals surface area contributed by atoms with Gasteiger partial charge in [0.2, 0.25) is 5.91 Å². The zero-order valence-electron chi connectivity index (χ0n) is 14.8. The Hall–Kier alpha value is -2.15. The van der Waals surface area contributed by atoms with Crippen molar-refractivity contribution in [3.8, 4) is 0 Å². The van der Waals surface area contributed by atoms with Crippen LogP contribution in [0.2, 0.25) is 0 Å². The van der Waals surface area contributed by atoms with Gasteiger partial charge in [-0.15, -0.1) is 0 Å². The van der Waals surface area contributed by atoms with Gasteiger partial charge in [0.05, 0.1) is 21.7 Å². The fourth-order valence-electron chi connectivity index (χ4n) is 3.77. The van der Waals surface area contributed by atoms with E-state index in [1.54, 1.807) is 10.9 Å². The smallest absolute Gasteiger partial charge is 0.224 e. The van der Waals surface area contributed by atoms with Crippen molar-refractivity contribution in [3.63, 3.8) is 0 Å². The lowest BCUT2D eigenvalue weighted by atomic mass is 9.97. The second-order valence-corrected chi connectivity index (χ2v) is 7.78. The number of fused-ring (bicyclic) bond motifs is 1. The summed E-state index contributed by atoms with van der Waals surface area (Å²) in [6.45, 7) is 2.19. The number of para-hydroxylation sites is 2. The third kappa shape index (κ3) is 3.40. The van der Waals surface area contributed by atoms with Gasteiger partial charge in [-0.05, 0) is 40.9 Å². The number of piperidine rings is 1. The van der Waals surface area contributed by atoms with Crippen molar-refractivity contribution in [3.05, 3.63) is 47.0 Å². The lowest BCUT2D eigenvalue weighted by Crippen LogP contribution is -2.40. The molecule has 6 nitrogen and oxygen atoms in total. The summed E-state index contributed by atoms with van der Waals surface area (Å²) in [7, 11) is 2.07. The Bertz CT molecular complexity index is 931. The Morgan fingerprint density at radius 2 is 2.19 bits per heavy atom. The molecule has 1 fully saturated rings. The first-order chi connectivity index (χ1) is 12.6. The number of likely N-dealkylation sites (tertiary alicyclic amines) is 1. The van der Waals surface area contributed by atoms with Gasteiger partial charge < -0.3 is 9.47 Å². The fourth-order valence-corrected chi connectivity index (χ4v) is 4.10. The number of amides is 1. The van der Waals surface area contributed by atoms with Gasteiger partial charge in [0.1, 0.15) is 5.82 Å². The predicted octanol–water partition coefficient (Wildman–Crippen LogP) is 3.33. The lowest BCUT2D eigenvalue weighted by molar-refractivity contribution is -0.132. The van der Waals surface area contributed by atoms with Crippen LogP contribution < -0.4 is 0 Å². The number of aryl methyl sites for hydroxylation is 2. The number of rotatable bonds is 4. The normalized spacial score (nSPS) is 17.8. The standard InChI is InChI=1S/C19H22BrN5O/c1-23-17-7-3-2-6-16(17)22-19(23)14-5-4-9-24(12-14)18(26)8-10-25-13-15(20)11-21-25/h2-3,6-7,11,13-14H,4-5,8-10,12H2,1H3. The number of nitrogens with zero attached hydrogens (tertiary/aromatic N) is 5. The van der Waals surface area contributed by atoms with Crippen molar-refractivity contribution in [2.45, 2.75) is 31.7 Å². The number of benzene rings is 1. The number of hydrogen-bond donors (Lipinski definition) is 0. The summed E-state index contributed by atoms with van der Waals surface area (Å²) in [5.41, 5.74) is 2.17. The molecular formula is C19H22BrN5O. The SMILES string of the molecule is Cn1c(C2CCCN(C(=O)CCn3cc(Br)cn3)C2)nc2ccccc21. The quantitative estimate of drug-likeness (QED) is 0.656. The van der Waals surface area contributed by atoms with E-state index in [4.69, 9.17) is 4.98 Å². The molecule has 7 heteroatoms. The molecule has 1 aliphatic rings. The molecule has 0 saturated carbocycles. The molecule has 2 aromatic heterocycles. The summed E-state index contributed by atoms with van der Waals surface area (Å²) in [6.07, 6.45) is 6.21. The van der Waals surface area contributed by atoms with Crippen LogP contribution in [-0.4, -0.2) is 43.2 Å². The van der Waals surface area contributed by atoms with Crippen LogP contribution in [0.5, 0.6) is 0 Å². The molecule has 1 atom stereocenters. The molecule has 1 aliphatic heterocycles. The number of carbonyl (C=O) groups is 1. The lowest BCUT2D eigenvalue weighted by Gasteiger charge is -2.32. The third-order valence-electron chi connectivity index (χ3n) is 5.12. The van der Waals surface area contributed by atoms with Crippen molar-refractivity contribution in [2.75, 3.05) is 13.1 Å². The van der Waals surface area contributed by atoms with Gasteiger partial charge in [-0.1, -0.05) is 12.1 Å². The van der Waals surface area contributed by atoms with E-state index in [-0.39, 0.29) is 5.91 Å². The van der Waals surface area contributed by atoms with Crippen LogP contribution in [0.4, 0.5) is 0 Å². The summed E-state index contributed by atoms with van der Waals surface area (Å²) in [5, 5.41) is 4.22. The number of aromatic nitrogens is 4. The minimum Gasteiger partial charge on any atom is -0.342 e. The Balaban J connectivity index is 1.44. The molecule has 0 aliphatic carbocycles. The Labute approximate surface area is 160 Å². The van der Waals surface area contributed by atoms with Crippen molar-refractivity contribution >= 4 is 32.9 Å². The first-order valence-electron chi connectivity index (χ1n) is 8.99. The highest BCUT2D eigenvalue weighted by Crippen LogP contribution is 2.28. The molecule has 3 aromatic rings. The monoisotopic (exact) mass is 415 g/mol. The van der Waals surface area contributed by atoms with Gasteiger partial charge in [-0.3, -0.25) is 9.48 Å². The van der Waals surface area contributed by atoms with Crippen molar-refractivity contribution in [1.82, 2.24) is 24.2 Å². The molecule has 26 heavy (non-hydrogen) atoms. The molecule has 1 amide bonds. The maximum absolute atomic E-state index is 12.7. The van der Waals surface area contributed by atoms with E-state index in [1.165, 1.54) is 0 Å². The summed E-state index contributed by atoms with van der Waals surface area (Å²) >= 11 is 3.38. The number of imidazole rings is 1. The predicted molar refractivity (Wildman–Crippen MR) is 104 cm³/mol. The highest BCUT2D eigenvalue weighted by Gasteiger charge is 2.27. The van der Waals surface area contributed by atoms with Crippen LogP contribution in [0.25, 0.3) is 11.0 Å². The molecule has 136 valence electrons. The van der Waals surface area contributed by atoms with E-state index in [2.05, 4.69) is 38.7 Å². The largest absolute Gasteiger partial charge is 0.342 e. The molecular weight excluding hydrogens is 394 g/mol. The van der Waals surface area contributed by atoms with Gasteiger partial charge in [-0.2, -0.15) is 5.10 Å². The number of hydrogen-bond acceptors (Lipinski definition) is 3. The van der Waals surface area contributed by atoms with Gasteiger partial charge in [0, 0.05) is 45.2 Å². The van der Waals surface area contributed by atoms with Crippen LogP contribution in [-0.2, 0) is 18.4 Å². The van der Waals surface area contributed by atoms with Crippen molar-refractivity contribution < 1.29 is 4.79 Å². The van der Waals surface area contributed by atoms with Crippen LogP contribution in [0.15, 0.2) is 41.1 Å². The first-order valence-corrected chi connectivity index (χ1v) is 9.78. The van der Waals surface area contributed by atoms with Crippen molar-refractivity contribution in [2.24, 2.45) is 7.05 Å². The second kappa shape index (κ2) is 7.23. The van der Waals surface area contributed by atoms with Crippen LogP contribution >= 0.6 is 15.9 Å². The highest BCUT2D eigenvalue weighted by atomic mass is 79.9. The number of carbonyl (C=O) groups excluding carboxylic acids is 1. The van der Waals surface area contributed by atoms with Crippen LogP contribution in [0, 0.1) is 0 Å². The molecule has 0 radical (unpaired) electrons. The average molecular weight is 416 g/mol. The van der Waals surface area contributed by atoms with Crippen LogP contribution in [0.3, 0.4) is 0 Å². The third-order valence-corrected chi connectivity index (χ3v) is 5.53. The molecule has 3 heterocycles. The molecule has 0 bridgehead atoms. The summed E-state index contributed by atoms with van der Waals surface area (Å²) < 4.78 is 4.91. The highest BCUT2D eigenvalue weighted by molar-refractivity contribution is 9.10. The van der Waals surface area contributed by atoms with E-state index in [0.29, 0.717) is 18.9 Å². The molecule has 1 unspecified atom stereocenters. The van der Waals surface area contributed by atoms with E-state index < -0.39 is 0 Å². The minimum absolute atomic E-state index is 0.195. The van der Waals surface area contributed by atoms with Gasteiger partial charge in [0.25, 0.3) is 0 Å². The maximum atomic E-state index is 12.7. The van der Waals surface area contributed by atoms with Gasteiger partial charge in [-0.25, -0.2) is 4.98 Å². The van der Waals surface area contributed by atoms with Crippen molar-refractivity contribution in [1.29, 1.82) is 0 Å². The Kier molecular flexibility index (Phi) is 4.80. The minimum atomic E-state index is 0.195. The zero-order valence-corrected chi connectivity index (χ0v) is 16.4. The Morgan fingerprint density at radius 1 is 1.35 bits per heavy atom. The van der Waals surface area contributed by atoms with E-state index in [1.807, 2.05) is 29.3 Å². The van der Waals surface area contributed by atoms with E-state index in [9.17, 15) is 4.79 Å². The maximum Gasteiger partial charge on any atom is 0.224 e. The summed E-state index contributed by atoms with van der Waals surface area (Å²) in [4.78, 5) is 19.5. The number of halogens is 1. The molecule has 0 spiro atoms. The van der Waals surface area contributed by atoms with Crippen LogP contribution in [0.1, 0.15) is 31.0 Å². The Morgan fingerprint density at radius 3 is 2.96 bits per heavy atom. The topological polar surface area (TPSA) is 56.0 Å². The van der Waals surface area contributed by atoms with E-state index >= 15 is 0 Å².